The largest absolute Gasteiger partial charge is 0.508 e. The highest BCUT2D eigenvalue weighted by Crippen LogP contribution is 2.39. The number of ether oxygens (including phenoxy) is 4. The third-order valence-electron chi connectivity index (χ3n) is 8.71. The first-order valence-corrected chi connectivity index (χ1v) is 17.3. The smallest absolute Gasteiger partial charge is 0.465 e. The number of allylic oxidation sites excluding steroid dienone is 2. The third-order valence-corrected chi connectivity index (χ3v) is 8.71. The van der Waals surface area contributed by atoms with Gasteiger partial charge in [-0.1, -0.05) is 49.4 Å². The maximum Gasteiger partial charge on any atom is 0.508 e. The Kier molecular flexibility index (Phi) is 18.9. The minimum absolute atomic E-state index is 0.00843. The molecule has 0 amide bonds. The molecule has 48 heavy (non-hydrogen) atoms. The van der Waals surface area contributed by atoms with Gasteiger partial charge in [-0.25, -0.2) is 4.79 Å². The summed E-state index contributed by atoms with van der Waals surface area (Å²) in [6.45, 7) is 5.44. The number of esters is 2. The molecule has 0 aromatic heterocycles. The van der Waals surface area contributed by atoms with Crippen molar-refractivity contribution < 1.29 is 43.5 Å². The number of aliphatic hydroxyl groups excluding tert-OH is 2. The van der Waals surface area contributed by atoms with Crippen LogP contribution in [0.15, 0.2) is 42.5 Å². The van der Waals surface area contributed by atoms with Crippen molar-refractivity contribution in [2.45, 2.75) is 122 Å². The topological polar surface area (TPSA) is 155 Å². The molecular formula is C38H57NO9. The first-order chi connectivity index (χ1) is 23.0. The summed E-state index contributed by atoms with van der Waals surface area (Å²) in [5.41, 5.74) is 6.26. The van der Waals surface area contributed by atoms with E-state index in [9.17, 15) is 24.6 Å². The van der Waals surface area contributed by atoms with E-state index in [0.717, 1.165) is 12.0 Å². The normalized spacial score (nSPS) is 21.0. The molecule has 10 heteroatoms. The zero-order chi connectivity index (χ0) is 35.4. The van der Waals surface area contributed by atoms with Gasteiger partial charge in [0.15, 0.2) is 0 Å². The Morgan fingerprint density at radius 1 is 0.979 bits per heavy atom. The fraction of sp³-hybridized carbons (Fsp3) is 0.658. The van der Waals surface area contributed by atoms with Crippen LogP contribution in [-0.4, -0.2) is 72.5 Å². The second kappa shape index (κ2) is 22.3. The van der Waals surface area contributed by atoms with Gasteiger partial charge < -0.3 is 34.9 Å². The molecule has 0 bridgehead atoms. The van der Waals surface area contributed by atoms with Crippen LogP contribution in [0.1, 0.15) is 97.0 Å². The highest BCUT2D eigenvalue weighted by Gasteiger charge is 2.41. The van der Waals surface area contributed by atoms with Crippen molar-refractivity contribution in [1.29, 1.82) is 0 Å². The molecule has 10 nitrogen and oxygen atoms in total. The highest BCUT2D eigenvalue weighted by molar-refractivity contribution is 5.69. The maximum absolute atomic E-state index is 12.9. The maximum atomic E-state index is 12.9. The molecule has 1 aromatic rings. The van der Waals surface area contributed by atoms with Crippen molar-refractivity contribution in [1.82, 2.24) is 0 Å². The van der Waals surface area contributed by atoms with E-state index in [1.807, 2.05) is 56.3 Å². The van der Waals surface area contributed by atoms with Gasteiger partial charge in [-0.2, -0.15) is 0 Å². The number of carbonyl (C=O) groups is 3. The quantitative estimate of drug-likeness (QED) is 0.0463. The fourth-order valence-electron chi connectivity index (χ4n) is 5.80. The van der Waals surface area contributed by atoms with Crippen LogP contribution in [0.2, 0.25) is 0 Å². The van der Waals surface area contributed by atoms with Crippen molar-refractivity contribution in [2.75, 3.05) is 19.8 Å². The molecule has 1 aliphatic carbocycles. The molecule has 1 aromatic carbocycles. The lowest BCUT2D eigenvalue weighted by Gasteiger charge is -2.28. The zero-order valence-electron chi connectivity index (χ0n) is 29.0. The van der Waals surface area contributed by atoms with Gasteiger partial charge in [-0.05, 0) is 89.0 Å². The molecule has 4 N–H and O–H groups in total. The molecule has 6 atom stereocenters. The Morgan fingerprint density at radius 2 is 1.67 bits per heavy atom. The van der Waals surface area contributed by atoms with Crippen LogP contribution in [-0.2, 0) is 35.0 Å². The standard InChI is InChI=1S/C38H57NO9/c1-5-6-10-18-35(42)45-26-38(4,25-39)27-46-37(44)48-30(21-20-29-15-11-9-12-16-29)22-23-32-31(33(40)24-34(32)41)17-13-7-8-14-19-36(43)47-28(2)3/h1,7,9,11-13,15-16,28,30-34,40-41H,6,8,10,14,17-27,39H2,2-4H3/b13-7-/t30-,31+,32+,33-,34+,38?/m0/s1. The number of hydrogen-bond donors (Lipinski definition) is 3. The van der Waals surface area contributed by atoms with Crippen LogP contribution in [0.25, 0.3) is 0 Å². The van der Waals surface area contributed by atoms with E-state index < -0.39 is 29.9 Å². The van der Waals surface area contributed by atoms with Gasteiger partial charge in [-0.15, -0.1) is 12.3 Å². The van der Waals surface area contributed by atoms with Crippen molar-refractivity contribution in [3.05, 3.63) is 48.0 Å². The van der Waals surface area contributed by atoms with Crippen LogP contribution < -0.4 is 5.73 Å². The summed E-state index contributed by atoms with van der Waals surface area (Å²) in [5, 5.41) is 21.6. The Morgan fingerprint density at radius 3 is 2.35 bits per heavy atom. The molecule has 1 fully saturated rings. The summed E-state index contributed by atoms with van der Waals surface area (Å²) < 4.78 is 21.8. The Bertz CT molecular complexity index is 1160. The van der Waals surface area contributed by atoms with E-state index in [0.29, 0.717) is 64.2 Å². The summed E-state index contributed by atoms with van der Waals surface area (Å²) in [6, 6.07) is 9.90. The van der Waals surface area contributed by atoms with Gasteiger partial charge in [0.2, 0.25) is 0 Å². The number of benzene rings is 1. The lowest BCUT2D eigenvalue weighted by atomic mass is 9.85. The van der Waals surface area contributed by atoms with Crippen molar-refractivity contribution >= 4 is 18.1 Å². The summed E-state index contributed by atoms with van der Waals surface area (Å²) in [7, 11) is 0. The summed E-state index contributed by atoms with van der Waals surface area (Å²) in [6.07, 6.45) is 12.7. The number of rotatable bonds is 22. The average molecular weight is 672 g/mol. The minimum Gasteiger partial charge on any atom is -0.465 e. The molecule has 1 aliphatic rings. The van der Waals surface area contributed by atoms with Crippen molar-refractivity contribution in [3.8, 4) is 12.3 Å². The molecule has 0 saturated heterocycles. The number of terminal acetylenes is 1. The summed E-state index contributed by atoms with van der Waals surface area (Å²) >= 11 is 0. The van der Waals surface area contributed by atoms with Gasteiger partial charge in [0.05, 0.1) is 18.3 Å². The molecular weight excluding hydrogens is 614 g/mol. The van der Waals surface area contributed by atoms with Crippen LogP contribution in [0.5, 0.6) is 0 Å². The Hall–Kier alpha value is -3.39. The third kappa shape index (κ3) is 16.1. The second-order valence-corrected chi connectivity index (χ2v) is 13.4. The molecule has 0 spiro atoms. The SMILES string of the molecule is C#CCCCC(=O)OCC(C)(CN)COC(=O)O[C@@H](CCc1ccccc1)CC[C@@H]1[C@@H](C/C=C\CCCC(=O)OC(C)C)[C@@H](O)C[C@H]1O. The van der Waals surface area contributed by atoms with E-state index >= 15 is 0 Å². The molecule has 268 valence electrons. The van der Waals surface area contributed by atoms with E-state index in [4.69, 9.17) is 31.1 Å². The number of unbranched alkanes of at least 4 members (excludes halogenated alkanes) is 2. The predicted molar refractivity (Wildman–Crippen MR) is 183 cm³/mol. The lowest BCUT2D eigenvalue weighted by Crippen LogP contribution is -2.38. The summed E-state index contributed by atoms with van der Waals surface area (Å²) in [5.74, 6) is 1.60. The van der Waals surface area contributed by atoms with E-state index in [-0.39, 0.29) is 56.1 Å². The Labute approximate surface area is 286 Å². The van der Waals surface area contributed by atoms with E-state index in [2.05, 4.69) is 5.92 Å². The predicted octanol–water partition coefficient (Wildman–Crippen LogP) is 5.66. The zero-order valence-corrected chi connectivity index (χ0v) is 29.0. The van der Waals surface area contributed by atoms with Gasteiger partial charge in [0, 0.05) is 31.2 Å². The molecule has 0 aliphatic heterocycles. The van der Waals surface area contributed by atoms with Crippen LogP contribution in [0.3, 0.4) is 0 Å². The number of hydrogen-bond acceptors (Lipinski definition) is 10. The van der Waals surface area contributed by atoms with Gasteiger partial charge in [-0.3, -0.25) is 9.59 Å². The molecule has 0 heterocycles. The number of aryl methyl sites for hydroxylation is 1. The number of nitrogens with two attached hydrogens (primary N) is 1. The minimum atomic E-state index is -0.836. The Balaban J connectivity index is 1.95. The average Bonchev–Trinajstić information content (AvgIpc) is 3.33. The van der Waals surface area contributed by atoms with Gasteiger partial charge in [0.1, 0.15) is 19.3 Å². The summed E-state index contributed by atoms with van der Waals surface area (Å²) in [4.78, 5) is 36.7. The lowest BCUT2D eigenvalue weighted by molar-refractivity contribution is -0.148. The van der Waals surface area contributed by atoms with Gasteiger partial charge in [0.25, 0.3) is 0 Å². The molecule has 2 rings (SSSR count). The van der Waals surface area contributed by atoms with E-state index in [1.54, 1.807) is 6.92 Å². The molecule has 0 radical (unpaired) electrons. The van der Waals surface area contributed by atoms with Crippen molar-refractivity contribution in [2.24, 2.45) is 23.0 Å². The number of aliphatic hydroxyl groups is 2. The first kappa shape index (κ1) is 40.8. The van der Waals surface area contributed by atoms with Crippen LogP contribution in [0.4, 0.5) is 4.79 Å². The second-order valence-electron chi connectivity index (χ2n) is 13.4. The van der Waals surface area contributed by atoms with Crippen LogP contribution >= 0.6 is 0 Å². The first-order valence-electron chi connectivity index (χ1n) is 17.3. The van der Waals surface area contributed by atoms with Gasteiger partial charge >= 0.3 is 18.1 Å². The van der Waals surface area contributed by atoms with E-state index in [1.165, 1.54) is 0 Å². The monoisotopic (exact) mass is 671 g/mol. The number of carbonyl (C=O) groups excluding carboxylic acids is 3. The molecule has 1 unspecified atom stereocenters. The fourth-order valence-corrected chi connectivity index (χ4v) is 5.80. The van der Waals surface area contributed by atoms with Crippen molar-refractivity contribution in [3.63, 3.8) is 0 Å². The van der Waals surface area contributed by atoms with Crippen LogP contribution in [0, 0.1) is 29.6 Å². The molecule has 1 saturated carbocycles. The highest BCUT2D eigenvalue weighted by atomic mass is 16.7.